The zero-order valence-corrected chi connectivity index (χ0v) is 14.0. The first-order chi connectivity index (χ1) is 12.2. The van der Waals surface area contributed by atoms with Gasteiger partial charge in [-0.1, -0.05) is 13.3 Å². The third-order valence-electron chi connectivity index (χ3n) is 3.21. The van der Waals surface area contributed by atoms with Gasteiger partial charge >= 0.3 is 12.1 Å². The minimum atomic E-state index is -5.08. The van der Waals surface area contributed by atoms with Crippen LogP contribution in [0.3, 0.4) is 0 Å². The lowest BCUT2D eigenvalue weighted by molar-refractivity contribution is -0.192. The molecule has 142 valence electrons. The Morgan fingerprint density at radius 1 is 1.31 bits per heavy atom. The van der Waals surface area contributed by atoms with Gasteiger partial charge in [-0.15, -0.1) is 0 Å². The Balaban J connectivity index is 0.000000412. The number of hydrogen-bond donors (Lipinski definition) is 3. The van der Waals surface area contributed by atoms with Crippen molar-refractivity contribution in [2.75, 3.05) is 6.54 Å². The van der Waals surface area contributed by atoms with Crippen molar-refractivity contribution in [3.05, 3.63) is 36.3 Å². The number of carboxylic acids is 1. The monoisotopic (exact) mass is 372 g/mol. The van der Waals surface area contributed by atoms with Crippen molar-refractivity contribution in [1.82, 2.24) is 15.3 Å². The Hall–Kier alpha value is -2.75. The van der Waals surface area contributed by atoms with Crippen LogP contribution < -0.4 is 11.1 Å². The number of rotatable bonds is 5. The normalized spacial score (nSPS) is 12.0. The Kier molecular flexibility index (Phi) is 7.91. The van der Waals surface area contributed by atoms with Crippen LogP contribution in [-0.4, -0.2) is 45.7 Å². The molecule has 4 N–H and O–H groups in total. The van der Waals surface area contributed by atoms with Gasteiger partial charge in [0.15, 0.2) is 0 Å². The maximum absolute atomic E-state index is 12.1. The van der Waals surface area contributed by atoms with Crippen molar-refractivity contribution >= 4 is 22.8 Å². The topological polar surface area (TPSA) is 118 Å². The summed E-state index contributed by atoms with van der Waals surface area (Å²) < 4.78 is 31.7. The molecule has 2 heterocycles. The Morgan fingerprint density at radius 3 is 2.54 bits per heavy atom. The lowest BCUT2D eigenvalue weighted by Gasteiger charge is -2.12. The molecule has 0 bridgehead atoms. The second kappa shape index (κ2) is 9.66. The first-order valence-corrected chi connectivity index (χ1v) is 7.69. The highest BCUT2D eigenvalue weighted by atomic mass is 19.4. The van der Waals surface area contributed by atoms with Crippen molar-refractivity contribution < 1.29 is 27.9 Å². The van der Waals surface area contributed by atoms with E-state index in [1.807, 2.05) is 0 Å². The summed E-state index contributed by atoms with van der Waals surface area (Å²) in [6.45, 7) is 2.56. The number of nitrogens with zero attached hydrogens (tertiary/aromatic N) is 2. The van der Waals surface area contributed by atoms with Gasteiger partial charge in [-0.3, -0.25) is 14.8 Å². The zero-order valence-electron chi connectivity index (χ0n) is 14.0. The number of carboxylic acid groups (broad SMARTS) is 1. The number of aliphatic carboxylic acids is 1. The molecule has 10 heteroatoms. The van der Waals surface area contributed by atoms with Gasteiger partial charge in [0.05, 0.1) is 11.1 Å². The van der Waals surface area contributed by atoms with E-state index in [9.17, 15) is 18.0 Å². The minimum Gasteiger partial charge on any atom is -0.475 e. The molecule has 0 aromatic carbocycles. The van der Waals surface area contributed by atoms with Crippen LogP contribution in [0.4, 0.5) is 13.2 Å². The smallest absolute Gasteiger partial charge is 0.475 e. The molecular formula is C16H19F3N4O3. The summed E-state index contributed by atoms with van der Waals surface area (Å²) in [5, 5.41) is 10.7. The fourth-order valence-electron chi connectivity index (χ4n) is 1.98. The molecule has 0 aliphatic rings. The summed E-state index contributed by atoms with van der Waals surface area (Å²) in [4.78, 5) is 29.3. The van der Waals surface area contributed by atoms with Crippen molar-refractivity contribution in [2.24, 2.45) is 5.73 Å². The molecule has 0 saturated carbocycles. The number of nitrogens with two attached hydrogens (primary N) is 1. The zero-order chi connectivity index (χ0) is 19.7. The maximum Gasteiger partial charge on any atom is 0.490 e. The number of pyridine rings is 2. The number of hydrogen-bond acceptors (Lipinski definition) is 5. The van der Waals surface area contributed by atoms with Crippen molar-refractivity contribution in [3.8, 4) is 0 Å². The van der Waals surface area contributed by atoms with Gasteiger partial charge in [0.2, 0.25) is 0 Å². The van der Waals surface area contributed by atoms with Crippen LogP contribution in [0.25, 0.3) is 10.9 Å². The van der Waals surface area contributed by atoms with Crippen LogP contribution in [0.2, 0.25) is 0 Å². The molecular weight excluding hydrogens is 353 g/mol. The van der Waals surface area contributed by atoms with Crippen LogP contribution in [0.5, 0.6) is 0 Å². The van der Waals surface area contributed by atoms with Crippen LogP contribution in [0, 0.1) is 0 Å². The summed E-state index contributed by atoms with van der Waals surface area (Å²) in [5.74, 6) is -2.89. The molecule has 1 unspecified atom stereocenters. The Morgan fingerprint density at radius 2 is 1.96 bits per heavy atom. The van der Waals surface area contributed by atoms with Gasteiger partial charge in [-0.05, 0) is 18.6 Å². The largest absolute Gasteiger partial charge is 0.490 e. The number of alkyl halides is 3. The molecule has 2 aromatic rings. The van der Waals surface area contributed by atoms with E-state index in [2.05, 4.69) is 22.2 Å². The maximum atomic E-state index is 12.1. The molecule has 1 amide bonds. The molecule has 0 aliphatic heterocycles. The number of halogens is 3. The lowest BCUT2D eigenvalue weighted by Crippen LogP contribution is -2.37. The first kappa shape index (κ1) is 21.3. The van der Waals surface area contributed by atoms with E-state index >= 15 is 0 Å². The predicted molar refractivity (Wildman–Crippen MR) is 88.4 cm³/mol. The SMILES string of the molecule is CCCC(N)CNC(=O)c1ccnc2ccncc12.O=C(O)C(F)(F)F. The highest BCUT2D eigenvalue weighted by Crippen LogP contribution is 2.14. The van der Waals surface area contributed by atoms with Crippen LogP contribution in [-0.2, 0) is 4.79 Å². The minimum absolute atomic E-state index is 0.000163. The molecule has 0 fully saturated rings. The highest BCUT2D eigenvalue weighted by Gasteiger charge is 2.38. The number of fused-ring (bicyclic) bond motifs is 1. The number of aromatic nitrogens is 2. The number of carbonyl (C=O) groups excluding carboxylic acids is 1. The number of amides is 1. The molecule has 0 saturated heterocycles. The Bertz CT molecular complexity index is 748. The second-order valence-electron chi connectivity index (χ2n) is 5.31. The van der Waals surface area contributed by atoms with Crippen molar-refractivity contribution in [3.63, 3.8) is 0 Å². The van der Waals surface area contributed by atoms with Crippen LogP contribution >= 0.6 is 0 Å². The van der Waals surface area contributed by atoms with Gasteiger partial charge in [0.1, 0.15) is 0 Å². The fraction of sp³-hybridized carbons (Fsp3) is 0.375. The predicted octanol–water partition coefficient (Wildman–Crippen LogP) is 2.12. The third kappa shape index (κ3) is 6.63. The van der Waals surface area contributed by atoms with E-state index in [1.54, 1.807) is 30.7 Å². The molecule has 0 radical (unpaired) electrons. The van der Waals surface area contributed by atoms with E-state index in [0.717, 1.165) is 23.7 Å². The summed E-state index contributed by atoms with van der Waals surface area (Å²) in [7, 11) is 0. The average molecular weight is 372 g/mol. The quantitative estimate of drug-likeness (QED) is 0.740. The molecule has 1 atom stereocenters. The molecule has 2 aromatic heterocycles. The van der Waals surface area contributed by atoms with E-state index in [-0.39, 0.29) is 11.9 Å². The molecule has 7 nitrogen and oxygen atoms in total. The summed E-state index contributed by atoms with van der Waals surface area (Å²) >= 11 is 0. The third-order valence-corrected chi connectivity index (χ3v) is 3.21. The first-order valence-electron chi connectivity index (χ1n) is 7.69. The average Bonchev–Trinajstić information content (AvgIpc) is 2.59. The van der Waals surface area contributed by atoms with Crippen molar-refractivity contribution in [2.45, 2.75) is 32.0 Å². The summed E-state index contributed by atoms with van der Waals surface area (Å²) in [6.07, 6.45) is 1.78. The molecule has 0 aliphatic carbocycles. The van der Waals surface area contributed by atoms with Crippen LogP contribution in [0.15, 0.2) is 30.7 Å². The van der Waals surface area contributed by atoms with Gasteiger partial charge in [0.25, 0.3) is 5.91 Å². The Labute approximate surface area is 147 Å². The number of carbonyl (C=O) groups is 2. The van der Waals surface area contributed by atoms with Gasteiger partial charge in [-0.25, -0.2) is 4.79 Å². The molecule has 26 heavy (non-hydrogen) atoms. The van der Waals surface area contributed by atoms with Gasteiger partial charge in [-0.2, -0.15) is 13.2 Å². The highest BCUT2D eigenvalue weighted by molar-refractivity contribution is 6.05. The lowest BCUT2D eigenvalue weighted by atomic mass is 10.1. The summed E-state index contributed by atoms with van der Waals surface area (Å²) in [5.41, 5.74) is 7.23. The molecule has 0 spiro atoms. The van der Waals surface area contributed by atoms with Crippen molar-refractivity contribution in [1.29, 1.82) is 0 Å². The van der Waals surface area contributed by atoms with E-state index in [0.29, 0.717) is 12.1 Å². The standard InChI is InChI=1S/C14H18N4O.C2HF3O2/c1-2-3-10(15)8-18-14(19)11-4-7-17-13-5-6-16-9-12(11)13;3-2(4,5)1(6)7/h4-7,9-10H,2-3,8,15H2,1H3,(H,18,19);(H,6,7). The van der Waals surface area contributed by atoms with Crippen LogP contribution in [0.1, 0.15) is 30.1 Å². The number of nitrogens with one attached hydrogen (secondary N) is 1. The van der Waals surface area contributed by atoms with E-state index < -0.39 is 12.1 Å². The summed E-state index contributed by atoms with van der Waals surface area (Å²) in [6, 6.07) is 3.49. The van der Waals surface area contributed by atoms with Gasteiger partial charge < -0.3 is 16.2 Å². The van der Waals surface area contributed by atoms with E-state index in [4.69, 9.17) is 15.6 Å². The second-order valence-corrected chi connectivity index (χ2v) is 5.31. The fourth-order valence-corrected chi connectivity index (χ4v) is 1.98. The van der Waals surface area contributed by atoms with E-state index in [1.165, 1.54) is 0 Å². The van der Waals surface area contributed by atoms with Gasteiger partial charge in [0, 0.05) is 36.6 Å². The molecule has 2 rings (SSSR count).